The summed E-state index contributed by atoms with van der Waals surface area (Å²) >= 11 is 0. The monoisotopic (exact) mass is 300 g/mol. The lowest BCUT2D eigenvalue weighted by Crippen LogP contribution is -2.46. The van der Waals surface area contributed by atoms with Gasteiger partial charge >= 0.3 is 24.1 Å². The van der Waals surface area contributed by atoms with Crippen LogP contribution in [0, 0.1) is 0 Å². The van der Waals surface area contributed by atoms with Crippen LogP contribution in [0.1, 0.15) is 19.3 Å². The van der Waals surface area contributed by atoms with Crippen molar-refractivity contribution in [2.75, 3.05) is 13.7 Å². The lowest BCUT2D eigenvalue weighted by molar-refractivity contribution is -0.142. The molecular formula is C10H15F3N2O5. The molecule has 0 heterocycles. The minimum atomic E-state index is -4.41. The van der Waals surface area contributed by atoms with E-state index in [-0.39, 0.29) is 12.8 Å². The maximum absolute atomic E-state index is 11.8. The van der Waals surface area contributed by atoms with Crippen LogP contribution in [0.15, 0.2) is 0 Å². The molecular weight excluding hydrogens is 285 g/mol. The number of rotatable bonds is 7. The Labute approximate surface area is 112 Å². The summed E-state index contributed by atoms with van der Waals surface area (Å²) in [6, 6.07) is -2.44. The van der Waals surface area contributed by atoms with Crippen molar-refractivity contribution in [1.82, 2.24) is 10.6 Å². The van der Waals surface area contributed by atoms with Gasteiger partial charge in [-0.25, -0.2) is 9.59 Å². The minimum Gasteiger partial charge on any atom is -0.480 e. The van der Waals surface area contributed by atoms with Gasteiger partial charge in [-0.05, 0) is 6.42 Å². The Balaban J connectivity index is 4.15. The van der Waals surface area contributed by atoms with E-state index in [0.717, 1.165) is 7.11 Å². The predicted octanol–water partition coefficient (Wildman–Crippen LogP) is 0.644. The maximum atomic E-state index is 11.8. The van der Waals surface area contributed by atoms with Gasteiger partial charge in [0.15, 0.2) is 0 Å². The number of ether oxygens (including phenoxy) is 1. The number of carbonyl (C=O) groups is 3. The Hall–Kier alpha value is -2.00. The van der Waals surface area contributed by atoms with Crippen molar-refractivity contribution < 1.29 is 37.4 Å². The molecule has 0 spiro atoms. The van der Waals surface area contributed by atoms with Crippen molar-refractivity contribution >= 4 is 18.0 Å². The highest BCUT2D eigenvalue weighted by Crippen LogP contribution is 2.18. The summed E-state index contributed by atoms with van der Waals surface area (Å²) in [5.41, 5.74) is 0. The summed E-state index contributed by atoms with van der Waals surface area (Å²) in [5.74, 6) is -2.06. The van der Waals surface area contributed by atoms with E-state index >= 15 is 0 Å². The highest BCUT2D eigenvalue weighted by atomic mass is 19.4. The first-order chi connectivity index (χ1) is 9.15. The van der Waals surface area contributed by atoms with E-state index in [0.29, 0.717) is 0 Å². The Bertz CT molecular complexity index is 359. The zero-order valence-electron chi connectivity index (χ0n) is 10.6. The van der Waals surface area contributed by atoms with Crippen molar-refractivity contribution in [2.45, 2.75) is 31.5 Å². The number of carbonyl (C=O) groups excluding carboxylic acids is 2. The predicted molar refractivity (Wildman–Crippen MR) is 59.9 cm³/mol. The van der Waals surface area contributed by atoms with Crippen LogP contribution in [0.25, 0.3) is 0 Å². The molecule has 0 unspecified atom stereocenters. The minimum absolute atomic E-state index is 0.227. The Morgan fingerprint density at radius 3 is 2.35 bits per heavy atom. The maximum Gasteiger partial charge on any atom is 0.390 e. The molecule has 10 heteroatoms. The smallest absolute Gasteiger partial charge is 0.390 e. The van der Waals surface area contributed by atoms with Gasteiger partial charge in [0, 0.05) is 13.0 Å². The number of hydrogen-bond acceptors (Lipinski definition) is 4. The molecule has 0 saturated heterocycles. The van der Waals surface area contributed by atoms with Gasteiger partial charge in [0.1, 0.15) is 6.04 Å². The third kappa shape index (κ3) is 9.00. The molecule has 2 amide bonds. The van der Waals surface area contributed by atoms with Crippen molar-refractivity contribution in [2.24, 2.45) is 0 Å². The molecule has 0 rings (SSSR count). The van der Waals surface area contributed by atoms with E-state index in [1.165, 1.54) is 0 Å². The average molecular weight is 300 g/mol. The van der Waals surface area contributed by atoms with Crippen LogP contribution in [-0.4, -0.2) is 48.9 Å². The fraction of sp³-hybridized carbons (Fsp3) is 0.700. The number of nitrogens with one attached hydrogen (secondary N) is 2. The molecule has 0 aliphatic heterocycles. The van der Waals surface area contributed by atoms with E-state index in [4.69, 9.17) is 5.11 Å². The van der Waals surface area contributed by atoms with Crippen LogP contribution in [-0.2, 0) is 14.3 Å². The first kappa shape index (κ1) is 18.0. The van der Waals surface area contributed by atoms with Crippen LogP contribution in [0.3, 0.4) is 0 Å². The van der Waals surface area contributed by atoms with Crippen LogP contribution < -0.4 is 10.6 Å². The molecule has 0 fully saturated rings. The average Bonchev–Trinajstić information content (AvgIpc) is 2.31. The number of alkyl halides is 3. The molecule has 0 aromatic heterocycles. The third-order valence-corrected chi connectivity index (χ3v) is 2.16. The second-order valence-corrected chi connectivity index (χ2v) is 3.77. The van der Waals surface area contributed by atoms with Crippen molar-refractivity contribution in [1.29, 1.82) is 0 Å². The van der Waals surface area contributed by atoms with Gasteiger partial charge in [0.2, 0.25) is 0 Å². The molecule has 0 aromatic rings. The number of amides is 2. The van der Waals surface area contributed by atoms with Crippen LogP contribution in [0.2, 0.25) is 0 Å². The van der Waals surface area contributed by atoms with Gasteiger partial charge in [-0.3, -0.25) is 4.79 Å². The molecule has 1 atom stereocenters. The van der Waals surface area contributed by atoms with E-state index < -0.39 is 43.2 Å². The number of urea groups is 1. The summed E-state index contributed by atoms with van der Waals surface area (Å²) in [5, 5.41) is 12.6. The lowest BCUT2D eigenvalue weighted by Gasteiger charge is -2.15. The van der Waals surface area contributed by atoms with Crippen LogP contribution in [0.5, 0.6) is 0 Å². The molecule has 7 nitrogen and oxygen atoms in total. The second-order valence-electron chi connectivity index (χ2n) is 3.77. The molecule has 0 radical (unpaired) electrons. The van der Waals surface area contributed by atoms with Crippen LogP contribution >= 0.6 is 0 Å². The summed E-state index contributed by atoms with van der Waals surface area (Å²) in [7, 11) is 1.12. The Morgan fingerprint density at radius 1 is 1.30 bits per heavy atom. The topological polar surface area (TPSA) is 105 Å². The number of aliphatic carboxylic acids is 1. The number of halogens is 3. The summed E-state index contributed by atoms with van der Waals surface area (Å²) < 4.78 is 39.8. The third-order valence-electron chi connectivity index (χ3n) is 2.16. The molecule has 3 N–H and O–H groups in total. The molecule has 0 bridgehead atoms. The summed E-state index contributed by atoms with van der Waals surface area (Å²) in [6.07, 6.45) is -6.10. The lowest BCUT2D eigenvalue weighted by atomic mass is 10.1. The second kappa shape index (κ2) is 8.23. The zero-order chi connectivity index (χ0) is 15.8. The van der Waals surface area contributed by atoms with Gasteiger partial charge < -0.3 is 20.5 Å². The van der Waals surface area contributed by atoms with Gasteiger partial charge in [-0.1, -0.05) is 0 Å². The largest absolute Gasteiger partial charge is 0.480 e. The molecule has 0 saturated carbocycles. The number of carboxylic acids is 1. The molecule has 0 aliphatic rings. The van der Waals surface area contributed by atoms with Crippen LogP contribution in [0.4, 0.5) is 18.0 Å². The van der Waals surface area contributed by atoms with Crippen molar-refractivity contribution in [3.63, 3.8) is 0 Å². The van der Waals surface area contributed by atoms with Gasteiger partial charge in [0.25, 0.3) is 0 Å². The summed E-state index contributed by atoms with van der Waals surface area (Å²) in [4.78, 5) is 32.8. The fourth-order valence-electron chi connectivity index (χ4n) is 1.15. The van der Waals surface area contributed by atoms with E-state index in [2.05, 4.69) is 4.74 Å². The van der Waals surface area contributed by atoms with Crippen molar-refractivity contribution in [3.05, 3.63) is 0 Å². The number of hydrogen-bond donors (Lipinski definition) is 3. The number of methoxy groups -OCH3 is 1. The van der Waals surface area contributed by atoms with Crippen molar-refractivity contribution in [3.8, 4) is 0 Å². The molecule has 20 heavy (non-hydrogen) atoms. The van der Waals surface area contributed by atoms with E-state index in [1.807, 2.05) is 10.6 Å². The molecule has 116 valence electrons. The van der Waals surface area contributed by atoms with Gasteiger partial charge in [-0.2, -0.15) is 13.2 Å². The number of carboxylic acid groups (broad SMARTS) is 1. The van der Waals surface area contributed by atoms with E-state index in [9.17, 15) is 27.6 Å². The Morgan fingerprint density at radius 2 is 1.90 bits per heavy atom. The summed E-state index contributed by atoms with van der Waals surface area (Å²) in [6.45, 7) is -0.668. The van der Waals surface area contributed by atoms with Gasteiger partial charge in [-0.15, -0.1) is 0 Å². The highest BCUT2D eigenvalue weighted by molar-refractivity contribution is 5.83. The SMILES string of the molecule is COC(=O)CC[C@@H](NC(=O)NCCC(F)(F)F)C(=O)O. The standard InChI is InChI=1S/C10H15F3N2O5/c1-20-7(16)3-2-6(8(17)18)15-9(19)14-5-4-10(11,12)13/h6H,2-5H2,1H3,(H,17,18)(H2,14,15,19)/t6-/m1/s1. The normalized spacial score (nSPS) is 12.4. The number of esters is 1. The molecule has 0 aliphatic carbocycles. The zero-order valence-corrected chi connectivity index (χ0v) is 10.6. The first-order valence-electron chi connectivity index (χ1n) is 5.56. The molecule has 0 aromatic carbocycles. The Kier molecular flexibility index (Phi) is 7.40. The quantitative estimate of drug-likeness (QED) is 0.599. The van der Waals surface area contributed by atoms with E-state index in [1.54, 1.807) is 0 Å². The first-order valence-corrected chi connectivity index (χ1v) is 5.56. The highest BCUT2D eigenvalue weighted by Gasteiger charge is 2.27. The fourth-order valence-corrected chi connectivity index (χ4v) is 1.15. The van der Waals surface area contributed by atoms with Gasteiger partial charge in [0.05, 0.1) is 13.5 Å².